The molecule has 0 saturated heterocycles. The number of ether oxygens (including phenoxy) is 2. The average molecular weight is 331 g/mol. The molecule has 8 heteroatoms. The Balaban J connectivity index is 1.53. The van der Waals surface area contributed by atoms with E-state index in [1.54, 1.807) is 12.1 Å². The molecule has 1 aromatic carbocycles. The lowest BCUT2D eigenvalue weighted by Gasteiger charge is -2.06. The minimum atomic E-state index is -0.280. The molecule has 7 nitrogen and oxygen atoms in total. The first-order valence-electron chi connectivity index (χ1n) is 6.88. The number of benzene rings is 1. The van der Waals surface area contributed by atoms with Crippen molar-refractivity contribution in [1.29, 1.82) is 0 Å². The molecule has 1 N–H and O–H groups in total. The van der Waals surface area contributed by atoms with Crippen LogP contribution in [0.2, 0.25) is 5.02 Å². The van der Waals surface area contributed by atoms with Gasteiger partial charge in [0.25, 0.3) is 5.91 Å². The molecule has 0 aliphatic carbocycles. The Morgan fingerprint density at radius 2 is 2.22 bits per heavy atom. The molecule has 0 fully saturated rings. The van der Waals surface area contributed by atoms with Gasteiger partial charge in [0.2, 0.25) is 6.79 Å². The van der Waals surface area contributed by atoms with Gasteiger partial charge in [0.15, 0.2) is 23.0 Å². The van der Waals surface area contributed by atoms with Gasteiger partial charge in [0.1, 0.15) is 0 Å². The summed E-state index contributed by atoms with van der Waals surface area (Å²) in [6.07, 6.45) is 1.84. The van der Waals surface area contributed by atoms with Crippen LogP contribution in [0.5, 0.6) is 11.5 Å². The molecule has 3 aromatic rings. The number of carbonyl (C=O) groups is 1. The molecule has 0 radical (unpaired) electrons. The number of rotatable bonds is 3. The fourth-order valence-electron chi connectivity index (χ4n) is 2.37. The number of hydrogen-bond acceptors (Lipinski definition) is 5. The zero-order chi connectivity index (χ0) is 15.8. The highest BCUT2D eigenvalue weighted by Crippen LogP contribution is 2.39. The summed E-state index contributed by atoms with van der Waals surface area (Å²) in [5, 5.41) is 11.2. The Morgan fingerprint density at radius 1 is 1.30 bits per heavy atom. The molecule has 1 aliphatic heterocycles. The topological polar surface area (TPSA) is 77.8 Å². The third-order valence-corrected chi connectivity index (χ3v) is 3.76. The number of aromatic nitrogens is 3. The van der Waals surface area contributed by atoms with Crippen molar-refractivity contribution in [2.24, 2.45) is 0 Å². The Hall–Kier alpha value is -2.80. The molecular weight excluding hydrogens is 320 g/mol. The predicted octanol–water partition coefficient (Wildman–Crippen LogP) is 2.04. The second-order valence-electron chi connectivity index (χ2n) is 4.92. The van der Waals surface area contributed by atoms with Gasteiger partial charge < -0.3 is 14.8 Å². The number of hydrogen-bond donors (Lipinski definition) is 1. The van der Waals surface area contributed by atoms with Gasteiger partial charge >= 0.3 is 0 Å². The molecular formula is C15H11ClN4O3. The van der Waals surface area contributed by atoms with Gasteiger partial charge in [-0.25, -0.2) is 0 Å². The highest BCUT2D eigenvalue weighted by molar-refractivity contribution is 6.32. The summed E-state index contributed by atoms with van der Waals surface area (Å²) in [6, 6.07) is 8.74. The summed E-state index contributed by atoms with van der Waals surface area (Å²) in [7, 11) is 0. The van der Waals surface area contributed by atoms with Crippen LogP contribution in [0.15, 0.2) is 36.5 Å². The standard InChI is InChI=1S/C15H11ClN4O3/c16-10-5-9(6-11-14(10)23-8-22-11)15(21)17-7-13-19-18-12-3-1-2-4-20(12)13/h1-6H,7-8H2,(H,17,21). The largest absolute Gasteiger partial charge is 0.454 e. The quantitative estimate of drug-likeness (QED) is 0.795. The van der Waals surface area contributed by atoms with Crippen LogP contribution in [0.3, 0.4) is 0 Å². The van der Waals surface area contributed by atoms with E-state index in [2.05, 4.69) is 15.5 Å². The van der Waals surface area contributed by atoms with Crippen LogP contribution in [0, 0.1) is 0 Å². The summed E-state index contributed by atoms with van der Waals surface area (Å²) in [5.74, 6) is 1.29. The number of fused-ring (bicyclic) bond motifs is 2. The van der Waals surface area contributed by atoms with E-state index in [9.17, 15) is 4.79 Å². The first-order chi connectivity index (χ1) is 11.2. The van der Waals surface area contributed by atoms with Crippen LogP contribution in [-0.4, -0.2) is 27.3 Å². The van der Waals surface area contributed by atoms with Gasteiger partial charge in [-0.15, -0.1) is 10.2 Å². The fourth-order valence-corrected chi connectivity index (χ4v) is 2.64. The van der Waals surface area contributed by atoms with Crippen molar-refractivity contribution >= 4 is 23.2 Å². The molecule has 4 rings (SSSR count). The lowest BCUT2D eigenvalue weighted by molar-refractivity contribution is 0.0949. The zero-order valence-electron chi connectivity index (χ0n) is 11.8. The van der Waals surface area contributed by atoms with E-state index in [0.29, 0.717) is 27.9 Å². The summed E-state index contributed by atoms with van der Waals surface area (Å²) in [5.41, 5.74) is 1.12. The van der Waals surface area contributed by atoms with E-state index >= 15 is 0 Å². The van der Waals surface area contributed by atoms with Crippen molar-refractivity contribution < 1.29 is 14.3 Å². The average Bonchev–Trinajstić information content (AvgIpc) is 3.19. The monoisotopic (exact) mass is 330 g/mol. The molecule has 23 heavy (non-hydrogen) atoms. The SMILES string of the molecule is O=C(NCc1nnc2ccccn12)c1cc(Cl)c2c(c1)OCO2. The van der Waals surface area contributed by atoms with Crippen LogP contribution in [0.25, 0.3) is 5.65 Å². The third kappa shape index (κ3) is 2.44. The number of amides is 1. The van der Waals surface area contributed by atoms with Crippen molar-refractivity contribution in [3.8, 4) is 11.5 Å². The Kier molecular flexibility index (Phi) is 3.27. The smallest absolute Gasteiger partial charge is 0.251 e. The van der Waals surface area contributed by atoms with Gasteiger partial charge in [-0.3, -0.25) is 9.20 Å². The normalized spacial score (nSPS) is 12.6. The molecule has 0 saturated carbocycles. The maximum atomic E-state index is 12.3. The van der Waals surface area contributed by atoms with Crippen LogP contribution < -0.4 is 14.8 Å². The van der Waals surface area contributed by atoms with Crippen molar-refractivity contribution in [2.45, 2.75) is 6.54 Å². The minimum Gasteiger partial charge on any atom is -0.454 e. The van der Waals surface area contributed by atoms with Crippen molar-refractivity contribution in [3.63, 3.8) is 0 Å². The number of carbonyl (C=O) groups excluding carboxylic acids is 1. The van der Waals surface area contributed by atoms with E-state index in [-0.39, 0.29) is 19.2 Å². The number of nitrogens with one attached hydrogen (secondary N) is 1. The van der Waals surface area contributed by atoms with Gasteiger partial charge in [-0.05, 0) is 24.3 Å². The lowest BCUT2D eigenvalue weighted by atomic mass is 10.2. The molecule has 116 valence electrons. The van der Waals surface area contributed by atoms with Gasteiger partial charge in [-0.1, -0.05) is 17.7 Å². The summed E-state index contributed by atoms with van der Waals surface area (Å²) in [4.78, 5) is 12.3. The summed E-state index contributed by atoms with van der Waals surface area (Å²) >= 11 is 6.09. The van der Waals surface area contributed by atoms with Crippen molar-refractivity contribution in [3.05, 3.63) is 52.9 Å². The van der Waals surface area contributed by atoms with Crippen molar-refractivity contribution in [2.75, 3.05) is 6.79 Å². The first-order valence-corrected chi connectivity index (χ1v) is 7.26. The maximum absolute atomic E-state index is 12.3. The molecule has 2 aromatic heterocycles. The molecule has 0 atom stereocenters. The number of halogens is 1. The lowest BCUT2D eigenvalue weighted by Crippen LogP contribution is -2.24. The second-order valence-corrected chi connectivity index (χ2v) is 5.33. The molecule has 3 heterocycles. The van der Waals surface area contributed by atoms with E-state index in [1.807, 2.05) is 28.8 Å². The van der Waals surface area contributed by atoms with E-state index in [0.717, 1.165) is 5.65 Å². The Labute approximate surface area is 135 Å². The molecule has 1 amide bonds. The van der Waals surface area contributed by atoms with E-state index < -0.39 is 0 Å². The van der Waals surface area contributed by atoms with Gasteiger partial charge in [-0.2, -0.15) is 0 Å². The first kappa shape index (κ1) is 13.8. The third-order valence-electron chi connectivity index (χ3n) is 3.48. The molecule has 1 aliphatic rings. The zero-order valence-corrected chi connectivity index (χ0v) is 12.6. The summed E-state index contributed by atoms with van der Waals surface area (Å²) < 4.78 is 12.3. The van der Waals surface area contributed by atoms with Gasteiger partial charge in [0.05, 0.1) is 11.6 Å². The predicted molar refractivity (Wildman–Crippen MR) is 81.7 cm³/mol. The number of nitrogens with zero attached hydrogens (tertiary/aromatic N) is 3. The Morgan fingerprint density at radius 3 is 3.13 bits per heavy atom. The number of pyridine rings is 1. The maximum Gasteiger partial charge on any atom is 0.251 e. The second kappa shape index (κ2) is 5.44. The fraction of sp³-hybridized carbons (Fsp3) is 0.133. The Bertz CT molecular complexity index is 909. The summed E-state index contributed by atoms with van der Waals surface area (Å²) in [6.45, 7) is 0.349. The van der Waals surface area contributed by atoms with Gasteiger partial charge in [0, 0.05) is 11.8 Å². The van der Waals surface area contributed by atoms with Crippen molar-refractivity contribution in [1.82, 2.24) is 19.9 Å². The highest BCUT2D eigenvalue weighted by atomic mass is 35.5. The van der Waals surface area contributed by atoms with Crippen LogP contribution in [0.1, 0.15) is 16.2 Å². The van der Waals surface area contributed by atoms with Crippen LogP contribution in [0.4, 0.5) is 0 Å². The minimum absolute atomic E-state index is 0.103. The highest BCUT2D eigenvalue weighted by Gasteiger charge is 2.20. The van der Waals surface area contributed by atoms with E-state index in [1.165, 1.54) is 0 Å². The molecule has 0 spiro atoms. The van der Waals surface area contributed by atoms with E-state index in [4.69, 9.17) is 21.1 Å². The van der Waals surface area contributed by atoms with Crippen LogP contribution in [-0.2, 0) is 6.54 Å². The van der Waals surface area contributed by atoms with Crippen LogP contribution >= 0.6 is 11.6 Å². The molecule has 0 bridgehead atoms. The molecule has 0 unspecified atom stereocenters.